The van der Waals surface area contributed by atoms with Gasteiger partial charge in [0.05, 0.1) is 12.0 Å². The number of benzene rings is 3. The van der Waals surface area contributed by atoms with E-state index in [1.165, 1.54) is 0 Å². The Hall–Kier alpha value is -3.93. The summed E-state index contributed by atoms with van der Waals surface area (Å²) in [6.45, 7) is 2.81. The van der Waals surface area contributed by atoms with E-state index < -0.39 is 5.92 Å². The van der Waals surface area contributed by atoms with Gasteiger partial charge < -0.3 is 15.1 Å². The van der Waals surface area contributed by atoms with Gasteiger partial charge in [0.25, 0.3) is 5.91 Å². The second-order valence-corrected chi connectivity index (χ2v) is 8.47. The number of rotatable bonds is 5. The Bertz CT molecular complexity index is 1120. The van der Waals surface area contributed by atoms with Gasteiger partial charge in [-0.3, -0.25) is 14.4 Å². The maximum Gasteiger partial charge on any atom is 0.251 e. The van der Waals surface area contributed by atoms with E-state index in [4.69, 9.17) is 0 Å². The van der Waals surface area contributed by atoms with Crippen molar-refractivity contribution in [2.45, 2.75) is 18.9 Å². The van der Waals surface area contributed by atoms with E-state index in [0.29, 0.717) is 25.2 Å². The third-order valence-corrected chi connectivity index (χ3v) is 6.37. The van der Waals surface area contributed by atoms with Crippen LogP contribution in [0.3, 0.4) is 0 Å². The van der Waals surface area contributed by atoms with Gasteiger partial charge >= 0.3 is 0 Å². The van der Waals surface area contributed by atoms with Gasteiger partial charge in [-0.25, -0.2) is 0 Å². The Morgan fingerprint density at radius 3 is 2.03 bits per heavy atom. The van der Waals surface area contributed by atoms with Crippen LogP contribution in [-0.4, -0.2) is 54.2 Å². The number of nitrogens with one attached hydrogen (secondary N) is 1. The normalized spacial score (nSPS) is 15.8. The van der Waals surface area contributed by atoms with Crippen molar-refractivity contribution in [2.24, 2.45) is 0 Å². The second-order valence-electron chi connectivity index (χ2n) is 8.47. The molecule has 6 nitrogen and oxygen atoms in total. The molecular weight excluding hydrogens is 426 g/mol. The van der Waals surface area contributed by atoms with Crippen molar-refractivity contribution < 1.29 is 14.4 Å². The molecule has 0 aromatic heterocycles. The predicted octanol–water partition coefficient (Wildman–Crippen LogP) is 3.61. The van der Waals surface area contributed by atoms with Crippen LogP contribution >= 0.6 is 0 Å². The molecule has 3 aromatic carbocycles. The molecule has 1 aliphatic heterocycles. The van der Waals surface area contributed by atoms with Crippen molar-refractivity contribution in [1.82, 2.24) is 15.1 Å². The molecule has 1 N–H and O–H groups in total. The number of hydrogen-bond donors (Lipinski definition) is 1. The monoisotopic (exact) mass is 455 g/mol. The van der Waals surface area contributed by atoms with E-state index >= 15 is 0 Å². The summed E-state index contributed by atoms with van der Waals surface area (Å²) < 4.78 is 0. The van der Waals surface area contributed by atoms with Crippen LogP contribution in [0.1, 0.15) is 45.9 Å². The van der Waals surface area contributed by atoms with E-state index in [0.717, 1.165) is 16.7 Å². The van der Waals surface area contributed by atoms with Gasteiger partial charge in [-0.05, 0) is 28.8 Å². The molecule has 1 atom stereocenters. The topological polar surface area (TPSA) is 69.7 Å². The molecule has 0 saturated carbocycles. The number of nitrogens with zero attached hydrogens (tertiary/aromatic N) is 2. The second kappa shape index (κ2) is 10.3. The molecule has 0 spiro atoms. The Kier molecular flexibility index (Phi) is 7.07. The SMILES string of the molecule is CNC(=O)c1cccc([C@@H]2CN(C(=O)C(c3ccccc3)c3ccccc3)CCN2C(C)=O)c1. The van der Waals surface area contributed by atoms with Crippen molar-refractivity contribution in [1.29, 1.82) is 0 Å². The minimum Gasteiger partial charge on any atom is -0.355 e. The molecule has 3 aromatic rings. The zero-order valence-corrected chi connectivity index (χ0v) is 19.5. The molecule has 1 heterocycles. The molecule has 174 valence electrons. The molecule has 0 radical (unpaired) electrons. The summed E-state index contributed by atoms with van der Waals surface area (Å²) in [5, 5.41) is 2.64. The number of hydrogen-bond acceptors (Lipinski definition) is 3. The average Bonchev–Trinajstić information content (AvgIpc) is 2.89. The highest BCUT2D eigenvalue weighted by Gasteiger charge is 2.35. The Labute approximate surface area is 200 Å². The number of piperazine rings is 1. The molecule has 0 unspecified atom stereocenters. The van der Waals surface area contributed by atoms with Gasteiger partial charge in [-0.2, -0.15) is 0 Å². The molecule has 3 amide bonds. The number of carbonyl (C=O) groups is 3. The van der Waals surface area contributed by atoms with E-state index in [2.05, 4.69) is 5.32 Å². The zero-order valence-electron chi connectivity index (χ0n) is 19.5. The maximum absolute atomic E-state index is 13.9. The van der Waals surface area contributed by atoms with Crippen molar-refractivity contribution >= 4 is 17.7 Å². The largest absolute Gasteiger partial charge is 0.355 e. The minimum absolute atomic E-state index is 0.00746. The molecule has 1 saturated heterocycles. The summed E-state index contributed by atoms with van der Waals surface area (Å²) in [5.41, 5.74) is 3.24. The number of carbonyl (C=O) groups excluding carboxylic acids is 3. The van der Waals surface area contributed by atoms with Gasteiger partial charge in [0.2, 0.25) is 11.8 Å². The van der Waals surface area contributed by atoms with E-state index in [1.54, 1.807) is 31.0 Å². The lowest BCUT2D eigenvalue weighted by Gasteiger charge is -2.42. The fraction of sp³-hybridized carbons (Fsp3) is 0.250. The van der Waals surface area contributed by atoms with Crippen LogP contribution in [-0.2, 0) is 9.59 Å². The highest BCUT2D eigenvalue weighted by molar-refractivity contribution is 5.94. The molecule has 1 aliphatic rings. The van der Waals surface area contributed by atoms with Crippen molar-refractivity contribution in [3.05, 3.63) is 107 Å². The first-order chi connectivity index (χ1) is 16.5. The van der Waals surface area contributed by atoms with Crippen LogP contribution in [0, 0.1) is 0 Å². The summed E-state index contributed by atoms with van der Waals surface area (Å²) in [6.07, 6.45) is 0. The maximum atomic E-state index is 13.9. The fourth-order valence-corrected chi connectivity index (χ4v) is 4.63. The van der Waals surface area contributed by atoms with Crippen LogP contribution in [0.5, 0.6) is 0 Å². The lowest BCUT2D eigenvalue weighted by atomic mass is 9.89. The van der Waals surface area contributed by atoms with Crippen LogP contribution in [0.25, 0.3) is 0 Å². The van der Waals surface area contributed by atoms with Gasteiger partial charge in [0, 0.05) is 39.2 Å². The minimum atomic E-state index is -0.427. The summed E-state index contributed by atoms with van der Waals surface area (Å²) in [6, 6.07) is 26.5. The quantitative estimate of drug-likeness (QED) is 0.639. The Morgan fingerprint density at radius 1 is 0.853 bits per heavy atom. The van der Waals surface area contributed by atoms with Gasteiger partial charge in [0.1, 0.15) is 0 Å². The first-order valence-corrected chi connectivity index (χ1v) is 11.5. The first kappa shape index (κ1) is 23.2. The summed E-state index contributed by atoms with van der Waals surface area (Å²) in [7, 11) is 1.59. The van der Waals surface area contributed by atoms with Crippen molar-refractivity contribution in [2.75, 3.05) is 26.7 Å². The zero-order chi connectivity index (χ0) is 24.1. The molecule has 6 heteroatoms. The molecule has 1 fully saturated rings. The Morgan fingerprint density at radius 2 is 1.47 bits per heavy atom. The van der Waals surface area contributed by atoms with Crippen molar-refractivity contribution in [3.8, 4) is 0 Å². The standard InChI is InChI=1S/C28H29N3O3/c1-20(32)31-17-16-30(19-25(31)23-14-9-15-24(18-23)27(33)29-2)28(34)26(21-10-5-3-6-11-21)22-12-7-4-8-13-22/h3-15,18,25-26H,16-17,19H2,1-2H3,(H,29,33)/t25-/m0/s1. The highest BCUT2D eigenvalue weighted by Crippen LogP contribution is 2.31. The fourth-order valence-electron chi connectivity index (χ4n) is 4.63. The van der Waals surface area contributed by atoms with Crippen molar-refractivity contribution in [3.63, 3.8) is 0 Å². The lowest BCUT2D eigenvalue weighted by molar-refractivity contribution is -0.142. The van der Waals surface area contributed by atoms with E-state index in [-0.39, 0.29) is 23.8 Å². The van der Waals surface area contributed by atoms with E-state index in [1.807, 2.05) is 77.7 Å². The average molecular weight is 456 g/mol. The summed E-state index contributed by atoms with van der Waals surface area (Å²) >= 11 is 0. The van der Waals surface area contributed by atoms with Crippen LogP contribution in [0.2, 0.25) is 0 Å². The highest BCUT2D eigenvalue weighted by atomic mass is 16.2. The first-order valence-electron chi connectivity index (χ1n) is 11.5. The third kappa shape index (κ3) is 4.86. The third-order valence-electron chi connectivity index (χ3n) is 6.37. The number of amides is 3. The van der Waals surface area contributed by atoms with Crippen LogP contribution < -0.4 is 5.32 Å². The molecule has 4 rings (SSSR count). The summed E-state index contributed by atoms with van der Waals surface area (Å²) in [4.78, 5) is 42.2. The molecule has 0 bridgehead atoms. The van der Waals surface area contributed by atoms with Gasteiger partial charge in [-0.1, -0.05) is 72.8 Å². The smallest absolute Gasteiger partial charge is 0.251 e. The van der Waals surface area contributed by atoms with Gasteiger partial charge in [-0.15, -0.1) is 0 Å². The summed E-state index contributed by atoms with van der Waals surface area (Å²) in [5.74, 6) is -0.657. The molecule has 34 heavy (non-hydrogen) atoms. The molecular formula is C28H29N3O3. The van der Waals surface area contributed by atoms with Gasteiger partial charge in [0.15, 0.2) is 0 Å². The predicted molar refractivity (Wildman–Crippen MR) is 131 cm³/mol. The Balaban J connectivity index is 1.67. The molecule has 0 aliphatic carbocycles. The van der Waals surface area contributed by atoms with E-state index in [9.17, 15) is 14.4 Å². The lowest BCUT2D eigenvalue weighted by Crippen LogP contribution is -2.53. The van der Waals surface area contributed by atoms with Crippen LogP contribution in [0.15, 0.2) is 84.9 Å². The van der Waals surface area contributed by atoms with Crippen LogP contribution in [0.4, 0.5) is 0 Å².